The fourth-order valence-corrected chi connectivity index (χ4v) is 3.81. The molecule has 0 saturated carbocycles. The molecule has 0 amide bonds. The lowest BCUT2D eigenvalue weighted by Gasteiger charge is -2.21. The average Bonchev–Trinajstić information content (AvgIpc) is 2.78. The Balaban J connectivity index is 1.96. The van der Waals surface area contributed by atoms with Gasteiger partial charge in [-0.3, -0.25) is 0 Å². The van der Waals surface area contributed by atoms with E-state index >= 15 is 0 Å². The van der Waals surface area contributed by atoms with Gasteiger partial charge in [0, 0.05) is 5.41 Å². The fourth-order valence-electron chi connectivity index (χ4n) is 3.81. The van der Waals surface area contributed by atoms with Crippen LogP contribution in [0, 0.1) is 12.7 Å². The van der Waals surface area contributed by atoms with Crippen LogP contribution in [0.5, 0.6) is 0 Å². The molecular weight excluding hydrogens is 283 g/mol. The van der Waals surface area contributed by atoms with Crippen molar-refractivity contribution in [3.63, 3.8) is 0 Å². The van der Waals surface area contributed by atoms with E-state index in [9.17, 15) is 4.39 Å². The minimum Gasteiger partial charge on any atom is -0.207 e. The van der Waals surface area contributed by atoms with Gasteiger partial charge in [0.15, 0.2) is 0 Å². The first kappa shape index (κ1) is 14.2. The first-order chi connectivity index (χ1) is 11.0. The SMILES string of the molecule is Cc1c(F)cccc1-c1ccc2c(c1)-c1ccccc1C2(C)C. The van der Waals surface area contributed by atoms with Crippen molar-refractivity contribution in [2.75, 3.05) is 0 Å². The molecule has 0 radical (unpaired) electrons. The van der Waals surface area contributed by atoms with Crippen LogP contribution in [0.4, 0.5) is 4.39 Å². The quantitative estimate of drug-likeness (QED) is 0.509. The number of hydrogen-bond acceptors (Lipinski definition) is 0. The number of hydrogen-bond donors (Lipinski definition) is 0. The van der Waals surface area contributed by atoms with Gasteiger partial charge in [-0.2, -0.15) is 0 Å². The van der Waals surface area contributed by atoms with E-state index in [0.29, 0.717) is 5.56 Å². The van der Waals surface area contributed by atoms with Crippen LogP contribution in [0.2, 0.25) is 0 Å². The van der Waals surface area contributed by atoms with E-state index in [2.05, 4.69) is 56.3 Å². The van der Waals surface area contributed by atoms with Crippen LogP contribution >= 0.6 is 0 Å². The summed E-state index contributed by atoms with van der Waals surface area (Å²) in [5.74, 6) is -0.149. The molecule has 0 fully saturated rings. The lowest BCUT2D eigenvalue weighted by atomic mass is 9.82. The molecule has 1 aliphatic carbocycles. The summed E-state index contributed by atoms with van der Waals surface area (Å²) >= 11 is 0. The zero-order chi connectivity index (χ0) is 16.2. The Bertz CT molecular complexity index is 919. The average molecular weight is 302 g/mol. The smallest absolute Gasteiger partial charge is 0.126 e. The highest BCUT2D eigenvalue weighted by atomic mass is 19.1. The molecule has 0 atom stereocenters. The first-order valence-electron chi connectivity index (χ1n) is 8.00. The molecule has 0 spiro atoms. The molecule has 0 aliphatic heterocycles. The van der Waals surface area contributed by atoms with Crippen molar-refractivity contribution in [1.29, 1.82) is 0 Å². The van der Waals surface area contributed by atoms with Crippen molar-refractivity contribution >= 4 is 0 Å². The maximum absolute atomic E-state index is 13.9. The zero-order valence-electron chi connectivity index (χ0n) is 13.7. The van der Waals surface area contributed by atoms with Crippen molar-refractivity contribution in [2.45, 2.75) is 26.2 Å². The highest BCUT2D eigenvalue weighted by molar-refractivity contribution is 5.84. The fraction of sp³-hybridized carbons (Fsp3) is 0.182. The molecule has 0 nitrogen and oxygen atoms in total. The third kappa shape index (κ3) is 1.96. The molecule has 3 aromatic carbocycles. The molecule has 0 bridgehead atoms. The van der Waals surface area contributed by atoms with Gasteiger partial charge in [0.05, 0.1) is 0 Å². The van der Waals surface area contributed by atoms with Crippen LogP contribution in [0.15, 0.2) is 60.7 Å². The van der Waals surface area contributed by atoms with Gasteiger partial charge in [0.2, 0.25) is 0 Å². The summed E-state index contributed by atoms with van der Waals surface area (Å²) in [5.41, 5.74) is 8.04. The summed E-state index contributed by atoms with van der Waals surface area (Å²) in [5, 5.41) is 0. The molecule has 0 unspecified atom stereocenters. The molecule has 1 heteroatoms. The van der Waals surface area contributed by atoms with E-state index in [0.717, 1.165) is 11.1 Å². The second kappa shape index (κ2) is 4.79. The third-order valence-electron chi connectivity index (χ3n) is 5.16. The van der Waals surface area contributed by atoms with E-state index in [4.69, 9.17) is 0 Å². The van der Waals surface area contributed by atoms with Crippen LogP contribution < -0.4 is 0 Å². The van der Waals surface area contributed by atoms with Gasteiger partial charge in [-0.1, -0.05) is 62.4 Å². The molecule has 23 heavy (non-hydrogen) atoms. The summed E-state index contributed by atoms with van der Waals surface area (Å²) in [6.07, 6.45) is 0. The predicted molar refractivity (Wildman–Crippen MR) is 94.1 cm³/mol. The molecule has 0 heterocycles. The number of rotatable bonds is 1. The minimum atomic E-state index is -0.149. The molecule has 0 saturated heterocycles. The van der Waals surface area contributed by atoms with Gasteiger partial charge in [-0.25, -0.2) is 4.39 Å². The Morgan fingerprint density at radius 2 is 1.43 bits per heavy atom. The Morgan fingerprint density at radius 1 is 0.739 bits per heavy atom. The maximum Gasteiger partial charge on any atom is 0.126 e. The highest BCUT2D eigenvalue weighted by Crippen LogP contribution is 2.49. The van der Waals surface area contributed by atoms with Gasteiger partial charge >= 0.3 is 0 Å². The summed E-state index contributed by atoms with van der Waals surface area (Å²) in [6.45, 7) is 6.38. The van der Waals surface area contributed by atoms with Gasteiger partial charge < -0.3 is 0 Å². The monoisotopic (exact) mass is 302 g/mol. The Hall–Kier alpha value is -2.41. The van der Waals surface area contributed by atoms with E-state index < -0.39 is 0 Å². The normalized spacial score (nSPS) is 14.4. The Labute approximate surface area is 136 Å². The number of fused-ring (bicyclic) bond motifs is 3. The largest absolute Gasteiger partial charge is 0.207 e. The Kier molecular flexibility index (Phi) is 2.96. The van der Waals surface area contributed by atoms with Crippen molar-refractivity contribution in [1.82, 2.24) is 0 Å². The molecule has 0 aromatic heterocycles. The summed E-state index contributed by atoms with van der Waals surface area (Å²) in [6, 6.07) is 20.4. The lowest BCUT2D eigenvalue weighted by molar-refractivity contribution is 0.619. The zero-order valence-corrected chi connectivity index (χ0v) is 13.7. The number of halogens is 1. The molecular formula is C22H19F. The van der Waals surface area contributed by atoms with E-state index in [1.54, 1.807) is 6.07 Å². The standard InChI is InChI=1S/C22H19F/c1-14-16(8-6-10-21(14)23)15-11-12-20-18(13-15)17-7-4-5-9-19(17)22(20,2)3/h4-13H,1-3H3. The number of benzene rings is 3. The highest BCUT2D eigenvalue weighted by Gasteiger charge is 2.35. The van der Waals surface area contributed by atoms with Crippen LogP contribution in [0.1, 0.15) is 30.5 Å². The lowest BCUT2D eigenvalue weighted by Crippen LogP contribution is -2.14. The van der Waals surface area contributed by atoms with E-state index in [1.807, 2.05) is 13.0 Å². The topological polar surface area (TPSA) is 0 Å². The van der Waals surface area contributed by atoms with Crippen molar-refractivity contribution in [3.8, 4) is 22.3 Å². The maximum atomic E-state index is 13.9. The molecule has 4 rings (SSSR count). The van der Waals surface area contributed by atoms with E-state index in [1.165, 1.54) is 28.3 Å². The third-order valence-corrected chi connectivity index (χ3v) is 5.16. The molecule has 3 aromatic rings. The van der Waals surface area contributed by atoms with Crippen molar-refractivity contribution < 1.29 is 4.39 Å². The van der Waals surface area contributed by atoms with Crippen molar-refractivity contribution in [2.24, 2.45) is 0 Å². The predicted octanol–water partition coefficient (Wildman–Crippen LogP) is 6.11. The summed E-state index contributed by atoms with van der Waals surface area (Å²) < 4.78 is 13.9. The van der Waals surface area contributed by atoms with Gasteiger partial charge in [-0.15, -0.1) is 0 Å². The molecule has 1 aliphatic rings. The molecule has 0 N–H and O–H groups in total. The Morgan fingerprint density at radius 3 is 2.26 bits per heavy atom. The van der Waals surface area contributed by atoms with Gasteiger partial charge in [0.1, 0.15) is 5.82 Å². The van der Waals surface area contributed by atoms with Crippen LogP contribution in [-0.2, 0) is 5.41 Å². The van der Waals surface area contributed by atoms with Crippen LogP contribution in [-0.4, -0.2) is 0 Å². The van der Waals surface area contributed by atoms with Gasteiger partial charge in [-0.05, 0) is 58.0 Å². The second-order valence-corrected chi connectivity index (χ2v) is 6.84. The second-order valence-electron chi connectivity index (χ2n) is 6.84. The first-order valence-corrected chi connectivity index (χ1v) is 8.00. The van der Waals surface area contributed by atoms with E-state index in [-0.39, 0.29) is 11.2 Å². The minimum absolute atomic E-state index is 0.0153. The van der Waals surface area contributed by atoms with Crippen molar-refractivity contribution in [3.05, 3.63) is 83.2 Å². The van der Waals surface area contributed by atoms with Crippen LogP contribution in [0.3, 0.4) is 0 Å². The summed E-state index contributed by atoms with van der Waals surface area (Å²) in [4.78, 5) is 0. The molecule has 114 valence electrons. The van der Waals surface area contributed by atoms with Gasteiger partial charge in [0.25, 0.3) is 0 Å². The van der Waals surface area contributed by atoms with Crippen LogP contribution in [0.25, 0.3) is 22.3 Å². The summed E-state index contributed by atoms with van der Waals surface area (Å²) in [7, 11) is 0.